The summed E-state index contributed by atoms with van der Waals surface area (Å²) in [6, 6.07) is 21.2. The van der Waals surface area contributed by atoms with E-state index in [0.717, 1.165) is 33.6 Å². The standard InChI is InChI=1S/C25H20N4O2/c1-16-10-11-29-15-22(26-24(29)12-16)19-9-8-17(2)20(13-19)27-25(30)21-14-23(31-28-21)18-6-4-3-5-7-18/h3-15H,1-2H3,(H,27,30). The van der Waals surface area contributed by atoms with Crippen LogP contribution in [0.5, 0.6) is 0 Å². The summed E-state index contributed by atoms with van der Waals surface area (Å²) in [6.07, 6.45) is 3.97. The van der Waals surface area contributed by atoms with Crippen molar-refractivity contribution in [3.8, 4) is 22.6 Å². The lowest BCUT2D eigenvalue weighted by Crippen LogP contribution is -2.13. The number of carbonyl (C=O) groups is 1. The first-order valence-electron chi connectivity index (χ1n) is 9.97. The molecule has 152 valence electrons. The molecule has 5 rings (SSSR count). The molecule has 2 aromatic carbocycles. The summed E-state index contributed by atoms with van der Waals surface area (Å²) in [7, 11) is 0. The van der Waals surface area contributed by atoms with Gasteiger partial charge in [-0.1, -0.05) is 47.6 Å². The molecule has 3 heterocycles. The molecule has 0 fully saturated rings. The SMILES string of the molecule is Cc1ccn2cc(-c3ccc(C)c(NC(=O)c4cc(-c5ccccc5)on4)c3)nc2c1. The van der Waals surface area contributed by atoms with Crippen molar-refractivity contribution in [2.75, 3.05) is 5.32 Å². The molecule has 1 N–H and O–H groups in total. The zero-order valence-corrected chi connectivity index (χ0v) is 17.2. The molecule has 0 saturated carbocycles. The molecule has 0 aliphatic carbocycles. The van der Waals surface area contributed by atoms with Gasteiger partial charge in [-0.2, -0.15) is 0 Å². The van der Waals surface area contributed by atoms with E-state index in [-0.39, 0.29) is 11.6 Å². The maximum atomic E-state index is 12.8. The summed E-state index contributed by atoms with van der Waals surface area (Å²) >= 11 is 0. The number of aromatic nitrogens is 3. The Bertz CT molecular complexity index is 1400. The zero-order chi connectivity index (χ0) is 21.4. The molecule has 0 aliphatic heterocycles. The van der Waals surface area contributed by atoms with E-state index in [1.807, 2.05) is 91.3 Å². The number of nitrogens with one attached hydrogen (secondary N) is 1. The number of aryl methyl sites for hydroxylation is 2. The van der Waals surface area contributed by atoms with E-state index in [0.29, 0.717) is 11.4 Å². The molecule has 1 amide bonds. The predicted octanol–water partition coefficient (Wildman–Crippen LogP) is 5.53. The van der Waals surface area contributed by atoms with E-state index < -0.39 is 0 Å². The van der Waals surface area contributed by atoms with Crippen LogP contribution < -0.4 is 5.32 Å². The van der Waals surface area contributed by atoms with Gasteiger partial charge in [0.05, 0.1) is 5.69 Å². The minimum absolute atomic E-state index is 0.229. The van der Waals surface area contributed by atoms with Crippen LogP contribution in [0.1, 0.15) is 21.6 Å². The Kier molecular flexibility index (Phi) is 4.59. The third-order valence-electron chi connectivity index (χ3n) is 5.20. The van der Waals surface area contributed by atoms with Gasteiger partial charge < -0.3 is 14.2 Å². The first kappa shape index (κ1) is 18.8. The van der Waals surface area contributed by atoms with Crippen LogP contribution in [-0.4, -0.2) is 20.4 Å². The topological polar surface area (TPSA) is 72.4 Å². The highest BCUT2D eigenvalue weighted by molar-refractivity contribution is 6.04. The quantitative estimate of drug-likeness (QED) is 0.425. The molecule has 5 aromatic rings. The molecule has 0 atom stereocenters. The number of amides is 1. The van der Waals surface area contributed by atoms with Crippen LogP contribution in [0.4, 0.5) is 5.69 Å². The Hall–Kier alpha value is -4.19. The molecule has 0 aliphatic rings. The predicted molar refractivity (Wildman–Crippen MR) is 120 cm³/mol. The van der Waals surface area contributed by atoms with E-state index in [2.05, 4.69) is 10.5 Å². The molecule has 0 radical (unpaired) electrons. The van der Waals surface area contributed by atoms with E-state index >= 15 is 0 Å². The number of anilines is 1. The van der Waals surface area contributed by atoms with Crippen LogP contribution in [-0.2, 0) is 0 Å². The highest BCUT2D eigenvalue weighted by Crippen LogP contribution is 2.26. The normalized spacial score (nSPS) is 11.0. The largest absolute Gasteiger partial charge is 0.355 e. The Morgan fingerprint density at radius 2 is 1.81 bits per heavy atom. The van der Waals surface area contributed by atoms with Gasteiger partial charge in [-0.3, -0.25) is 4.79 Å². The van der Waals surface area contributed by atoms with E-state index in [1.165, 1.54) is 0 Å². The molecule has 0 saturated heterocycles. The van der Waals surface area contributed by atoms with Crippen molar-refractivity contribution < 1.29 is 9.32 Å². The van der Waals surface area contributed by atoms with Crippen LogP contribution in [0.2, 0.25) is 0 Å². The Labute approximate surface area is 179 Å². The average Bonchev–Trinajstić information content (AvgIpc) is 3.43. The summed E-state index contributed by atoms with van der Waals surface area (Å²) in [6.45, 7) is 3.99. The van der Waals surface area contributed by atoms with Crippen molar-refractivity contribution in [1.82, 2.24) is 14.5 Å². The van der Waals surface area contributed by atoms with E-state index in [1.54, 1.807) is 6.07 Å². The van der Waals surface area contributed by atoms with Gasteiger partial charge in [0.15, 0.2) is 11.5 Å². The van der Waals surface area contributed by atoms with Crippen molar-refractivity contribution >= 4 is 17.2 Å². The van der Waals surface area contributed by atoms with Crippen LogP contribution in [0, 0.1) is 13.8 Å². The minimum atomic E-state index is -0.322. The Morgan fingerprint density at radius 1 is 0.968 bits per heavy atom. The molecule has 6 nitrogen and oxygen atoms in total. The second-order valence-corrected chi connectivity index (χ2v) is 7.52. The highest BCUT2D eigenvalue weighted by Gasteiger charge is 2.15. The first-order chi connectivity index (χ1) is 15.1. The molecular formula is C25H20N4O2. The zero-order valence-electron chi connectivity index (χ0n) is 17.2. The molecule has 6 heteroatoms. The molecule has 0 spiro atoms. The fraction of sp³-hybridized carbons (Fsp3) is 0.0800. The number of benzene rings is 2. The van der Waals surface area contributed by atoms with Gasteiger partial charge in [-0.05, 0) is 43.2 Å². The number of nitrogens with zero attached hydrogens (tertiary/aromatic N) is 3. The number of imidazole rings is 1. The molecule has 0 bridgehead atoms. The summed E-state index contributed by atoms with van der Waals surface area (Å²) in [4.78, 5) is 17.5. The summed E-state index contributed by atoms with van der Waals surface area (Å²) in [5.74, 6) is 0.230. The van der Waals surface area contributed by atoms with Crippen molar-refractivity contribution in [1.29, 1.82) is 0 Å². The van der Waals surface area contributed by atoms with Gasteiger partial charge in [0.2, 0.25) is 0 Å². The maximum Gasteiger partial charge on any atom is 0.277 e. The summed E-state index contributed by atoms with van der Waals surface area (Å²) in [5, 5.41) is 6.88. The number of hydrogen-bond donors (Lipinski definition) is 1. The lowest BCUT2D eigenvalue weighted by molar-refractivity contribution is 0.101. The summed E-state index contributed by atoms with van der Waals surface area (Å²) in [5.41, 5.74) is 6.56. The molecule has 31 heavy (non-hydrogen) atoms. The van der Waals surface area contributed by atoms with Crippen molar-refractivity contribution in [3.05, 3.63) is 95.9 Å². The van der Waals surface area contributed by atoms with Gasteiger partial charge in [0.1, 0.15) is 5.65 Å². The fourth-order valence-corrected chi connectivity index (χ4v) is 3.45. The van der Waals surface area contributed by atoms with E-state index in [4.69, 9.17) is 9.51 Å². The van der Waals surface area contributed by atoms with Crippen molar-refractivity contribution in [3.63, 3.8) is 0 Å². The van der Waals surface area contributed by atoms with Crippen LogP contribution >= 0.6 is 0 Å². The van der Waals surface area contributed by atoms with Crippen LogP contribution in [0.25, 0.3) is 28.2 Å². The Morgan fingerprint density at radius 3 is 2.65 bits per heavy atom. The third-order valence-corrected chi connectivity index (χ3v) is 5.20. The second-order valence-electron chi connectivity index (χ2n) is 7.52. The maximum absolute atomic E-state index is 12.8. The second kappa shape index (κ2) is 7.57. The van der Waals surface area contributed by atoms with Gasteiger partial charge >= 0.3 is 0 Å². The smallest absolute Gasteiger partial charge is 0.277 e. The fourth-order valence-electron chi connectivity index (χ4n) is 3.45. The summed E-state index contributed by atoms with van der Waals surface area (Å²) < 4.78 is 7.34. The van der Waals surface area contributed by atoms with Gasteiger partial charge in [0, 0.05) is 35.3 Å². The minimum Gasteiger partial charge on any atom is -0.355 e. The monoisotopic (exact) mass is 408 g/mol. The number of hydrogen-bond acceptors (Lipinski definition) is 4. The number of fused-ring (bicyclic) bond motifs is 1. The highest BCUT2D eigenvalue weighted by atomic mass is 16.5. The third kappa shape index (κ3) is 3.71. The van der Waals surface area contributed by atoms with Gasteiger partial charge in [-0.25, -0.2) is 4.98 Å². The molecule has 3 aromatic heterocycles. The lowest BCUT2D eigenvalue weighted by atomic mass is 10.1. The number of rotatable bonds is 4. The molecular weight excluding hydrogens is 388 g/mol. The van der Waals surface area contributed by atoms with Crippen molar-refractivity contribution in [2.24, 2.45) is 0 Å². The molecule has 0 unspecified atom stereocenters. The van der Waals surface area contributed by atoms with Crippen molar-refractivity contribution in [2.45, 2.75) is 13.8 Å². The first-order valence-corrected chi connectivity index (χ1v) is 9.97. The van der Waals surface area contributed by atoms with E-state index in [9.17, 15) is 4.79 Å². The number of carbonyl (C=O) groups excluding carboxylic acids is 1. The van der Waals surface area contributed by atoms with Gasteiger partial charge in [0.25, 0.3) is 5.91 Å². The Balaban J connectivity index is 1.41. The van der Waals surface area contributed by atoms with Crippen LogP contribution in [0.3, 0.4) is 0 Å². The average molecular weight is 408 g/mol. The lowest BCUT2D eigenvalue weighted by Gasteiger charge is -2.08. The van der Waals surface area contributed by atoms with Crippen LogP contribution in [0.15, 0.2) is 83.6 Å². The number of pyridine rings is 1. The van der Waals surface area contributed by atoms with Gasteiger partial charge in [-0.15, -0.1) is 0 Å².